The molecule has 0 aromatic carbocycles. The largest absolute Gasteiger partial charge is 0.396 e. The number of aromatic nitrogens is 2. The number of hydrogen-bond donors (Lipinski definition) is 2. The Bertz CT molecular complexity index is 622. The Hall–Kier alpha value is -1.98. The van der Waals surface area contributed by atoms with Crippen molar-refractivity contribution in [3.63, 3.8) is 0 Å². The molecule has 0 fully saturated rings. The number of carbonyl (C=O) groups is 1. The average molecular weight is 334 g/mol. The first-order chi connectivity index (χ1) is 11.2. The number of rotatable bonds is 8. The smallest absolute Gasteiger partial charge is 0.220 e. The number of pyridine rings is 2. The van der Waals surface area contributed by atoms with Crippen LogP contribution in [0.1, 0.15) is 17.7 Å². The van der Waals surface area contributed by atoms with E-state index in [0.717, 1.165) is 11.3 Å². The van der Waals surface area contributed by atoms with Crippen LogP contribution in [0.4, 0.5) is 0 Å². The number of hydrogen-bond acceptors (Lipinski definition) is 4. The van der Waals surface area contributed by atoms with Gasteiger partial charge in [-0.25, -0.2) is 0 Å². The third kappa shape index (κ3) is 5.96. The third-order valence-electron chi connectivity index (χ3n) is 3.55. The lowest BCUT2D eigenvalue weighted by Gasteiger charge is -2.15. The number of nitrogens with zero attached hydrogens (tertiary/aromatic N) is 2. The topological polar surface area (TPSA) is 75.1 Å². The van der Waals surface area contributed by atoms with E-state index in [1.165, 1.54) is 0 Å². The molecule has 0 aliphatic rings. The first kappa shape index (κ1) is 17.4. The molecule has 0 aliphatic heterocycles. The number of aliphatic hydroxyl groups is 1. The maximum atomic E-state index is 11.9. The van der Waals surface area contributed by atoms with Crippen LogP contribution in [-0.2, 0) is 17.6 Å². The number of aliphatic hydroxyl groups excluding tert-OH is 1. The molecule has 6 heteroatoms. The summed E-state index contributed by atoms with van der Waals surface area (Å²) in [5.74, 6) is -0.122. The second-order valence-corrected chi connectivity index (χ2v) is 5.75. The molecule has 0 spiro atoms. The zero-order valence-corrected chi connectivity index (χ0v) is 13.5. The Morgan fingerprint density at radius 3 is 2.87 bits per heavy atom. The molecule has 0 saturated heterocycles. The average Bonchev–Trinajstić information content (AvgIpc) is 2.59. The molecule has 2 N–H and O–H groups in total. The molecule has 0 radical (unpaired) electrons. The lowest BCUT2D eigenvalue weighted by Crippen LogP contribution is -2.32. The van der Waals surface area contributed by atoms with Gasteiger partial charge in [0.1, 0.15) is 0 Å². The molecule has 0 aliphatic carbocycles. The van der Waals surface area contributed by atoms with Crippen molar-refractivity contribution in [1.82, 2.24) is 15.3 Å². The van der Waals surface area contributed by atoms with Crippen molar-refractivity contribution in [2.24, 2.45) is 5.92 Å². The van der Waals surface area contributed by atoms with Crippen molar-refractivity contribution >= 4 is 17.5 Å². The van der Waals surface area contributed by atoms with E-state index < -0.39 is 0 Å². The normalized spacial score (nSPS) is 11.9. The molecule has 23 heavy (non-hydrogen) atoms. The van der Waals surface area contributed by atoms with Crippen LogP contribution in [0.3, 0.4) is 0 Å². The van der Waals surface area contributed by atoms with Crippen LogP contribution in [-0.4, -0.2) is 34.1 Å². The van der Waals surface area contributed by atoms with Gasteiger partial charge in [-0.2, -0.15) is 0 Å². The predicted octanol–water partition coefficient (Wildman–Crippen LogP) is 2.03. The molecule has 2 aromatic heterocycles. The summed E-state index contributed by atoms with van der Waals surface area (Å²) >= 11 is 6.07. The highest BCUT2D eigenvalue weighted by molar-refractivity contribution is 6.31. The van der Waals surface area contributed by atoms with Gasteiger partial charge in [-0.15, -0.1) is 0 Å². The van der Waals surface area contributed by atoms with Gasteiger partial charge in [0.2, 0.25) is 5.91 Å². The maximum absolute atomic E-state index is 11.9. The predicted molar refractivity (Wildman–Crippen MR) is 89.1 cm³/mol. The molecule has 1 unspecified atom stereocenters. The minimum atomic E-state index is -0.0753. The fourth-order valence-electron chi connectivity index (χ4n) is 2.22. The minimum Gasteiger partial charge on any atom is -0.396 e. The second kappa shape index (κ2) is 9.22. The van der Waals surface area contributed by atoms with Crippen molar-refractivity contribution in [3.05, 3.63) is 59.1 Å². The molecular weight excluding hydrogens is 314 g/mol. The summed E-state index contributed by atoms with van der Waals surface area (Å²) in [6, 6.07) is 7.48. The highest BCUT2D eigenvalue weighted by Crippen LogP contribution is 2.17. The van der Waals surface area contributed by atoms with E-state index in [0.29, 0.717) is 30.8 Å². The van der Waals surface area contributed by atoms with Crippen molar-refractivity contribution in [2.45, 2.75) is 19.3 Å². The van der Waals surface area contributed by atoms with Gasteiger partial charge >= 0.3 is 0 Å². The summed E-state index contributed by atoms with van der Waals surface area (Å²) in [7, 11) is 0. The van der Waals surface area contributed by atoms with Crippen LogP contribution in [0, 0.1) is 5.92 Å². The lowest BCUT2D eigenvalue weighted by molar-refractivity contribution is -0.121. The Morgan fingerprint density at radius 2 is 2.17 bits per heavy atom. The van der Waals surface area contributed by atoms with Crippen molar-refractivity contribution in [3.8, 4) is 0 Å². The number of amides is 1. The summed E-state index contributed by atoms with van der Waals surface area (Å²) in [6.07, 6.45) is 6.54. The SMILES string of the molecule is O=C(CCc1ccccn1)NCC(CO)Cc1ccncc1Cl. The van der Waals surface area contributed by atoms with Crippen LogP contribution in [0.2, 0.25) is 5.02 Å². The molecule has 1 atom stereocenters. The van der Waals surface area contributed by atoms with Crippen LogP contribution in [0.5, 0.6) is 0 Å². The van der Waals surface area contributed by atoms with E-state index in [9.17, 15) is 9.90 Å². The van der Waals surface area contributed by atoms with E-state index in [-0.39, 0.29) is 18.4 Å². The maximum Gasteiger partial charge on any atom is 0.220 e. The van der Waals surface area contributed by atoms with Gasteiger partial charge in [-0.05, 0) is 36.6 Å². The molecule has 0 saturated carbocycles. The standard InChI is InChI=1S/C17H20ClN3O2/c18-16-11-19-8-6-14(16)9-13(12-22)10-21-17(23)5-4-15-3-1-2-7-20-15/h1-3,6-8,11,13,22H,4-5,9-10,12H2,(H,21,23). The summed E-state index contributed by atoms with van der Waals surface area (Å²) in [6.45, 7) is 0.398. The second-order valence-electron chi connectivity index (χ2n) is 5.34. The molecule has 0 bridgehead atoms. The quantitative estimate of drug-likeness (QED) is 0.775. The minimum absolute atomic E-state index is 0.0147. The summed E-state index contributed by atoms with van der Waals surface area (Å²) in [4.78, 5) is 20.0. The van der Waals surface area contributed by atoms with Crippen LogP contribution in [0.15, 0.2) is 42.9 Å². The fraction of sp³-hybridized carbons (Fsp3) is 0.353. The molecule has 122 valence electrons. The van der Waals surface area contributed by atoms with Gasteiger partial charge in [-0.3, -0.25) is 14.8 Å². The van der Waals surface area contributed by atoms with Crippen molar-refractivity contribution in [2.75, 3.05) is 13.2 Å². The first-order valence-corrected chi connectivity index (χ1v) is 7.92. The Kier molecular flexibility index (Phi) is 6.97. The van der Waals surface area contributed by atoms with Crippen LogP contribution < -0.4 is 5.32 Å². The van der Waals surface area contributed by atoms with Crippen molar-refractivity contribution < 1.29 is 9.90 Å². The van der Waals surface area contributed by atoms with E-state index >= 15 is 0 Å². The van der Waals surface area contributed by atoms with Gasteiger partial charge in [0.15, 0.2) is 0 Å². The zero-order valence-electron chi connectivity index (χ0n) is 12.8. The van der Waals surface area contributed by atoms with Crippen LogP contribution >= 0.6 is 11.6 Å². The summed E-state index contributed by atoms with van der Waals surface area (Å²) < 4.78 is 0. The first-order valence-electron chi connectivity index (χ1n) is 7.55. The lowest BCUT2D eigenvalue weighted by atomic mass is 10.0. The molecule has 5 nitrogen and oxygen atoms in total. The van der Waals surface area contributed by atoms with E-state index in [1.807, 2.05) is 24.3 Å². The van der Waals surface area contributed by atoms with E-state index in [4.69, 9.17) is 11.6 Å². The van der Waals surface area contributed by atoms with Crippen molar-refractivity contribution in [1.29, 1.82) is 0 Å². The van der Waals surface area contributed by atoms with E-state index in [1.54, 1.807) is 18.6 Å². The van der Waals surface area contributed by atoms with Gasteiger partial charge in [0, 0.05) is 49.8 Å². The molecule has 2 heterocycles. The van der Waals surface area contributed by atoms with Crippen LogP contribution in [0.25, 0.3) is 0 Å². The van der Waals surface area contributed by atoms with Gasteiger partial charge in [-0.1, -0.05) is 17.7 Å². The monoisotopic (exact) mass is 333 g/mol. The highest BCUT2D eigenvalue weighted by atomic mass is 35.5. The van der Waals surface area contributed by atoms with E-state index in [2.05, 4.69) is 15.3 Å². The zero-order chi connectivity index (χ0) is 16.5. The Labute approximate surface area is 140 Å². The number of halogens is 1. The highest BCUT2D eigenvalue weighted by Gasteiger charge is 2.12. The number of nitrogens with one attached hydrogen (secondary N) is 1. The molecule has 2 aromatic rings. The van der Waals surface area contributed by atoms with Gasteiger partial charge in [0.25, 0.3) is 0 Å². The fourth-order valence-corrected chi connectivity index (χ4v) is 2.41. The Balaban J connectivity index is 1.76. The van der Waals surface area contributed by atoms with Gasteiger partial charge in [0.05, 0.1) is 5.02 Å². The van der Waals surface area contributed by atoms with Gasteiger partial charge < -0.3 is 10.4 Å². The summed E-state index contributed by atoms with van der Waals surface area (Å²) in [5, 5.41) is 12.9. The Morgan fingerprint density at radius 1 is 1.30 bits per heavy atom. The third-order valence-corrected chi connectivity index (χ3v) is 3.89. The molecular formula is C17H20ClN3O2. The molecule has 1 amide bonds. The number of carbonyl (C=O) groups excluding carboxylic acids is 1. The molecule has 2 rings (SSSR count). The number of aryl methyl sites for hydroxylation is 1. The summed E-state index contributed by atoms with van der Waals surface area (Å²) in [5.41, 5.74) is 1.81.